The van der Waals surface area contributed by atoms with Crippen LogP contribution in [0.4, 0.5) is 0 Å². The second kappa shape index (κ2) is 5.64. The minimum Gasteiger partial charge on any atom is -0.459 e. The minimum atomic E-state index is -1.15. The van der Waals surface area contributed by atoms with Crippen molar-refractivity contribution in [3.8, 4) is 0 Å². The quantitative estimate of drug-likeness (QED) is 0.701. The largest absolute Gasteiger partial charge is 0.459 e. The van der Waals surface area contributed by atoms with Crippen LogP contribution in [0.25, 0.3) is 0 Å². The molecular weight excluding hydrogens is 212 g/mol. The smallest absolute Gasteiger partial charge is 0.321 e. The van der Waals surface area contributed by atoms with Crippen molar-refractivity contribution >= 4 is 16.8 Å². The van der Waals surface area contributed by atoms with E-state index in [-0.39, 0.29) is 11.2 Å². The van der Waals surface area contributed by atoms with Gasteiger partial charge >= 0.3 is 5.97 Å². The van der Waals surface area contributed by atoms with E-state index in [0.29, 0.717) is 0 Å². The fourth-order valence-electron chi connectivity index (χ4n) is 0.992. The molecule has 0 heterocycles. The molecule has 0 aromatic heterocycles. The van der Waals surface area contributed by atoms with Crippen molar-refractivity contribution in [2.24, 2.45) is 0 Å². The van der Waals surface area contributed by atoms with Crippen LogP contribution in [0.15, 0.2) is 0 Å². The predicted molar refractivity (Wildman–Crippen MR) is 63.2 cm³/mol. The molecule has 0 aliphatic heterocycles. The van der Waals surface area contributed by atoms with E-state index in [9.17, 15) is 9.00 Å². The molecule has 3 unspecified atom stereocenters. The molecule has 0 radical (unpaired) electrons. The Bertz CT molecular complexity index is 243. The zero-order valence-corrected chi connectivity index (χ0v) is 11.3. The first kappa shape index (κ1) is 14.6. The molecule has 0 rings (SSSR count). The molecule has 15 heavy (non-hydrogen) atoms. The summed E-state index contributed by atoms with van der Waals surface area (Å²) >= 11 is 0. The van der Waals surface area contributed by atoms with Gasteiger partial charge in [-0.1, -0.05) is 13.8 Å². The van der Waals surface area contributed by atoms with E-state index in [1.165, 1.54) is 0 Å². The second-order valence-electron chi connectivity index (χ2n) is 4.72. The highest BCUT2D eigenvalue weighted by molar-refractivity contribution is 7.87. The molecule has 0 N–H and O–H groups in total. The molecule has 0 fully saturated rings. The Morgan fingerprint density at radius 3 is 2.13 bits per heavy atom. The zero-order chi connectivity index (χ0) is 12.2. The number of hydrogen-bond donors (Lipinski definition) is 0. The number of esters is 1. The van der Waals surface area contributed by atoms with Crippen molar-refractivity contribution in [3.05, 3.63) is 0 Å². The third kappa shape index (κ3) is 5.30. The van der Waals surface area contributed by atoms with Crippen LogP contribution in [0.1, 0.15) is 48.0 Å². The minimum absolute atomic E-state index is 0.0347. The van der Waals surface area contributed by atoms with Crippen LogP contribution in [0, 0.1) is 0 Å². The molecule has 4 heteroatoms. The maximum absolute atomic E-state index is 11.8. The lowest BCUT2D eigenvalue weighted by molar-refractivity contribution is -0.153. The van der Waals surface area contributed by atoms with Gasteiger partial charge in [-0.2, -0.15) is 0 Å². The first-order valence-corrected chi connectivity index (χ1v) is 6.59. The normalized spacial score (nSPS) is 18.0. The van der Waals surface area contributed by atoms with Gasteiger partial charge in [-0.15, -0.1) is 0 Å². The van der Waals surface area contributed by atoms with Crippen molar-refractivity contribution in [1.29, 1.82) is 0 Å². The van der Waals surface area contributed by atoms with Crippen LogP contribution < -0.4 is 0 Å². The Morgan fingerprint density at radius 2 is 1.80 bits per heavy atom. The van der Waals surface area contributed by atoms with Crippen LogP contribution in [0.5, 0.6) is 0 Å². The van der Waals surface area contributed by atoms with Crippen LogP contribution in [0.2, 0.25) is 0 Å². The highest BCUT2D eigenvalue weighted by Gasteiger charge is 2.28. The summed E-state index contributed by atoms with van der Waals surface area (Å²) in [6.07, 6.45) is 0.805. The molecule has 90 valence electrons. The summed E-state index contributed by atoms with van der Waals surface area (Å²) in [6, 6.07) is 0. The summed E-state index contributed by atoms with van der Waals surface area (Å²) in [5.74, 6) is -0.374. The molecule has 0 amide bonds. The van der Waals surface area contributed by atoms with Gasteiger partial charge in [0.25, 0.3) is 0 Å². The lowest BCUT2D eigenvalue weighted by atomic mass is 10.2. The lowest BCUT2D eigenvalue weighted by Gasteiger charge is -2.23. The van der Waals surface area contributed by atoms with Gasteiger partial charge in [0.15, 0.2) is 0 Å². The van der Waals surface area contributed by atoms with Gasteiger partial charge in [-0.25, -0.2) is 0 Å². The van der Waals surface area contributed by atoms with E-state index in [2.05, 4.69) is 0 Å². The summed E-state index contributed by atoms with van der Waals surface area (Å²) < 4.78 is 17.0. The number of rotatable bonds is 4. The Morgan fingerprint density at radius 1 is 1.33 bits per heavy atom. The third-order valence-corrected chi connectivity index (χ3v) is 4.07. The average molecular weight is 234 g/mol. The molecule has 0 aromatic rings. The summed E-state index contributed by atoms with van der Waals surface area (Å²) in [5, 5.41) is -0.508. The Hall–Kier alpha value is -0.380. The number of hydrogen-bond acceptors (Lipinski definition) is 3. The summed E-state index contributed by atoms with van der Waals surface area (Å²) in [7, 11) is -1.15. The first-order valence-electron chi connectivity index (χ1n) is 5.31. The molecule has 3 nitrogen and oxygen atoms in total. The fourth-order valence-corrected chi connectivity index (χ4v) is 2.26. The molecule has 0 spiro atoms. The van der Waals surface area contributed by atoms with Crippen LogP contribution in [0.3, 0.4) is 0 Å². The van der Waals surface area contributed by atoms with Gasteiger partial charge in [0.05, 0.1) is 0 Å². The van der Waals surface area contributed by atoms with Gasteiger partial charge in [0, 0.05) is 16.0 Å². The third-order valence-electron chi connectivity index (χ3n) is 2.06. The molecule has 0 bridgehead atoms. The summed E-state index contributed by atoms with van der Waals surface area (Å²) in [6.45, 7) is 10.9. The highest BCUT2D eigenvalue weighted by atomic mass is 32.2. The molecule has 0 aromatic carbocycles. The average Bonchev–Trinajstić information content (AvgIpc) is 2.11. The number of carbonyl (C=O) groups is 1. The SMILES string of the molecule is CCC(C)S(=O)C(C)C(=O)OC(C)(C)C. The maximum atomic E-state index is 11.8. The summed E-state index contributed by atoms with van der Waals surface area (Å²) in [4.78, 5) is 11.6. The fraction of sp³-hybridized carbons (Fsp3) is 0.909. The molecular formula is C11H22O3S. The van der Waals surface area contributed by atoms with Crippen LogP contribution in [-0.4, -0.2) is 26.3 Å². The molecule has 0 saturated carbocycles. The lowest BCUT2D eigenvalue weighted by Crippen LogP contribution is -2.35. The van der Waals surface area contributed by atoms with Crippen LogP contribution in [-0.2, 0) is 20.3 Å². The van der Waals surface area contributed by atoms with Crippen molar-refractivity contribution in [2.45, 2.75) is 64.1 Å². The van der Waals surface area contributed by atoms with Gasteiger partial charge in [-0.05, 0) is 34.1 Å². The Balaban J connectivity index is 4.39. The predicted octanol–water partition coefficient (Wildman–Crippen LogP) is 2.26. The van der Waals surface area contributed by atoms with E-state index in [4.69, 9.17) is 4.74 Å². The molecule has 0 aliphatic carbocycles. The maximum Gasteiger partial charge on any atom is 0.321 e. The van der Waals surface area contributed by atoms with Crippen molar-refractivity contribution < 1.29 is 13.7 Å². The topological polar surface area (TPSA) is 43.4 Å². The Labute approximate surface area is 95.0 Å². The van der Waals surface area contributed by atoms with E-state index in [0.717, 1.165) is 6.42 Å². The molecule has 3 atom stereocenters. The van der Waals surface area contributed by atoms with Gasteiger partial charge in [0.2, 0.25) is 0 Å². The first-order chi connectivity index (χ1) is 6.69. The van der Waals surface area contributed by atoms with Crippen molar-refractivity contribution in [1.82, 2.24) is 0 Å². The van der Waals surface area contributed by atoms with Gasteiger partial charge < -0.3 is 4.74 Å². The number of ether oxygens (including phenoxy) is 1. The monoisotopic (exact) mass is 234 g/mol. The Kier molecular flexibility index (Phi) is 5.49. The van der Waals surface area contributed by atoms with E-state index in [1.807, 2.05) is 34.6 Å². The molecule has 0 aliphatic rings. The molecule has 0 saturated heterocycles. The van der Waals surface area contributed by atoms with Crippen molar-refractivity contribution in [2.75, 3.05) is 0 Å². The zero-order valence-electron chi connectivity index (χ0n) is 10.5. The summed E-state index contributed by atoms with van der Waals surface area (Å²) in [5.41, 5.74) is -0.509. The van der Waals surface area contributed by atoms with E-state index >= 15 is 0 Å². The van der Waals surface area contributed by atoms with Gasteiger partial charge in [-0.3, -0.25) is 9.00 Å². The van der Waals surface area contributed by atoms with Crippen LogP contribution >= 0.6 is 0 Å². The van der Waals surface area contributed by atoms with Crippen molar-refractivity contribution in [3.63, 3.8) is 0 Å². The van der Waals surface area contributed by atoms with E-state index in [1.54, 1.807) is 6.92 Å². The second-order valence-corrected chi connectivity index (χ2v) is 6.89. The highest BCUT2D eigenvalue weighted by Crippen LogP contribution is 2.13. The standard InChI is InChI=1S/C11H22O3S/c1-7-8(2)15(13)9(3)10(12)14-11(4,5)6/h8-9H,7H2,1-6H3. The number of carbonyl (C=O) groups excluding carboxylic acids is 1. The van der Waals surface area contributed by atoms with E-state index < -0.39 is 21.7 Å². The van der Waals surface area contributed by atoms with Gasteiger partial charge in [0.1, 0.15) is 10.9 Å².